The maximum Gasteiger partial charge on any atom is 0.325 e. The molecule has 1 aliphatic heterocycles. The molecule has 22 heavy (non-hydrogen) atoms. The first-order valence-electron chi connectivity index (χ1n) is 8.13. The van der Waals surface area contributed by atoms with Crippen LogP contribution >= 0.6 is 0 Å². The zero-order valence-corrected chi connectivity index (χ0v) is 14.1. The predicted octanol–water partition coefficient (Wildman–Crippen LogP) is 1.29. The van der Waals surface area contributed by atoms with Crippen LogP contribution < -0.4 is 0 Å². The lowest BCUT2D eigenvalue weighted by Gasteiger charge is -2.34. The number of amides is 2. The van der Waals surface area contributed by atoms with Crippen LogP contribution in [0.5, 0.6) is 0 Å². The minimum absolute atomic E-state index is 0.00722. The summed E-state index contributed by atoms with van der Waals surface area (Å²) in [7, 11) is 0. The Kier molecular flexibility index (Phi) is 7.35. The quantitative estimate of drug-likeness (QED) is 0.693. The highest BCUT2D eigenvalue weighted by molar-refractivity contribution is 5.84. The SMILES string of the molecule is CCOC(=O)CN(CC)C(=O)C1CCN(C(=O)C(C)C)CC1. The standard InChI is InChI=1S/C16H28N2O4/c1-5-17(11-14(19)22-6-2)16(21)13-7-9-18(10-8-13)15(20)12(3)4/h12-13H,5-11H2,1-4H3. The Morgan fingerprint density at radius 3 is 2.23 bits per heavy atom. The fourth-order valence-corrected chi connectivity index (χ4v) is 2.68. The number of rotatable bonds is 6. The van der Waals surface area contributed by atoms with Crippen molar-refractivity contribution in [3.8, 4) is 0 Å². The second-order valence-corrected chi connectivity index (χ2v) is 5.91. The van der Waals surface area contributed by atoms with Gasteiger partial charge in [-0.15, -0.1) is 0 Å². The molecule has 0 aliphatic carbocycles. The van der Waals surface area contributed by atoms with E-state index in [4.69, 9.17) is 4.74 Å². The lowest BCUT2D eigenvalue weighted by molar-refractivity contribution is -0.151. The van der Waals surface area contributed by atoms with Crippen molar-refractivity contribution in [2.45, 2.75) is 40.5 Å². The zero-order valence-electron chi connectivity index (χ0n) is 14.1. The van der Waals surface area contributed by atoms with Crippen LogP contribution in [0.3, 0.4) is 0 Å². The second-order valence-electron chi connectivity index (χ2n) is 5.91. The van der Waals surface area contributed by atoms with Gasteiger partial charge < -0.3 is 14.5 Å². The fraction of sp³-hybridized carbons (Fsp3) is 0.812. The predicted molar refractivity (Wildman–Crippen MR) is 83.0 cm³/mol. The third-order valence-electron chi connectivity index (χ3n) is 3.97. The molecule has 0 radical (unpaired) electrons. The van der Waals surface area contributed by atoms with Gasteiger partial charge in [-0.3, -0.25) is 14.4 Å². The third kappa shape index (κ3) is 5.00. The highest BCUT2D eigenvalue weighted by atomic mass is 16.5. The summed E-state index contributed by atoms with van der Waals surface area (Å²) < 4.78 is 4.90. The molecule has 6 nitrogen and oxygen atoms in total. The van der Waals surface area contributed by atoms with Crippen molar-refractivity contribution >= 4 is 17.8 Å². The normalized spacial score (nSPS) is 15.8. The average Bonchev–Trinajstić information content (AvgIpc) is 2.51. The number of likely N-dealkylation sites (N-methyl/N-ethyl adjacent to an activating group) is 1. The van der Waals surface area contributed by atoms with Gasteiger partial charge in [0.2, 0.25) is 11.8 Å². The Labute approximate surface area is 132 Å². The maximum absolute atomic E-state index is 12.5. The van der Waals surface area contributed by atoms with Gasteiger partial charge in [0.15, 0.2) is 0 Å². The Balaban J connectivity index is 2.52. The van der Waals surface area contributed by atoms with Gasteiger partial charge in [-0.05, 0) is 26.7 Å². The van der Waals surface area contributed by atoms with Crippen molar-refractivity contribution < 1.29 is 19.1 Å². The minimum atomic E-state index is -0.370. The van der Waals surface area contributed by atoms with E-state index in [9.17, 15) is 14.4 Å². The van der Waals surface area contributed by atoms with Gasteiger partial charge >= 0.3 is 5.97 Å². The van der Waals surface area contributed by atoms with E-state index in [0.29, 0.717) is 39.1 Å². The van der Waals surface area contributed by atoms with Crippen LogP contribution in [0, 0.1) is 11.8 Å². The van der Waals surface area contributed by atoms with Crippen molar-refractivity contribution in [2.75, 3.05) is 32.8 Å². The highest BCUT2D eigenvalue weighted by Gasteiger charge is 2.31. The molecule has 1 heterocycles. The number of hydrogen-bond acceptors (Lipinski definition) is 4. The number of carbonyl (C=O) groups is 3. The van der Waals surface area contributed by atoms with E-state index in [1.54, 1.807) is 11.8 Å². The number of carbonyl (C=O) groups excluding carboxylic acids is 3. The average molecular weight is 312 g/mol. The highest BCUT2D eigenvalue weighted by Crippen LogP contribution is 2.21. The van der Waals surface area contributed by atoms with Crippen LogP contribution in [0.4, 0.5) is 0 Å². The van der Waals surface area contributed by atoms with Crippen LogP contribution in [0.2, 0.25) is 0 Å². The van der Waals surface area contributed by atoms with Gasteiger partial charge in [0.1, 0.15) is 6.54 Å². The molecule has 1 saturated heterocycles. The van der Waals surface area contributed by atoms with Crippen molar-refractivity contribution in [3.63, 3.8) is 0 Å². The summed E-state index contributed by atoms with van der Waals surface area (Å²) in [6.07, 6.45) is 1.33. The molecule has 126 valence electrons. The summed E-state index contributed by atoms with van der Waals surface area (Å²) in [5, 5.41) is 0. The summed E-state index contributed by atoms with van der Waals surface area (Å²) in [4.78, 5) is 39.4. The van der Waals surface area contributed by atoms with Gasteiger partial charge in [0, 0.05) is 31.5 Å². The number of esters is 1. The number of ether oxygens (including phenoxy) is 1. The van der Waals surface area contributed by atoms with E-state index in [0.717, 1.165) is 0 Å². The molecule has 0 spiro atoms. The van der Waals surface area contributed by atoms with E-state index in [2.05, 4.69) is 0 Å². The summed E-state index contributed by atoms with van der Waals surface area (Å²) in [5.41, 5.74) is 0. The van der Waals surface area contributed by atoms with E-state index in [1.807, 2.05) is 25.7 Å². The Morgan fingerprint density at radius 2 is 1.77 bits per heavy atom. The molecular formula is C16H28N2O4. The van der Waals surface area contributed by atoms with E-state index >= 15 is 0 Å². The van der Waals surface area contributed by atoms with Crippen LogP contribution in [0.15, 0.2) is 0 Å². The summed E-state index contributed by atoms with van der Waals surface area (Å²) in [6, 6.07) is 0. The largest absolute Gasteiger partial charge is 0.465 e. The van der Waals surface area contributed by atoms with Crippen molar-refractivity contribution in [2.24, 2.45) is 11.8 Å². The first-order chi connectivity index (χ1) is 10.4. The first kappa shape index (κ1) is 18.5. The first-order valence-corrected chi connectivity index (χ1v) is 8.13. The van der Waals surface area contributed by atoms with Crippen LogP contribution in [-0.2, 0) is 19.1 Å². The lowest BCUT2D eigenvalue weighted by Crippen LogP contribution is -2.46. The Hall–Kier alpha value is -1.59. The molecular weight excluding hydrogens is 284 g/mol. The number of likely N-dealkylation sites (tertiary alicyclic amines) is 1. The third-order valence-corrected chi connectivity index (χ3v) is 3.97. The van der Waals surface area contributed by atoms with E-state index < -0.39 is 0 Å². The summed E-state index contributed by atoms with van der Waals surface area (Å²) >= 11 is 0. The van der Waals surface area contributed by atoms with Gasteiger partial charge in [-0.2, -0.15) is 0 Å². The second kappa shape index (κ2) is 8.76. The topological polar surface area (TPSA) is 66.9 Å². The molecule has 0 unspecified atom stereocenters. The molecule has 0 aromatic rings. The van der Waals surface area contributed by atoms with E-state index in [-0.39, 0.29) is 36.2 Å². The molecule has 0 aromatic heterocycles. The van der Waals surface area contributed by atoms with Gasteiger partial charge in [0.05, 0.1) is 6.61 Å². The number of piperidine rings is 1. The molecule has 6 heteroatoms. The molecule has 0 N–H and O–H groups in total. The van der Waals surface area contributed by atoms with Crippen LogP contribution in [0.1, 0.15) is 40.5 Å². The van der Waals surface area contributed by atoms with Crippen LogP contribution in [-0.4, -0.2) is 60.4 Å². The molecule has 1 rings (SSSR count). The number of hydrogen-bond donors (Lipinski definition) is 0. The van der Waals surface area contributed by atoms with E-state index in [1.165, 1.54) is 0 Å². The molecule has 1 aliphatic rings. The van der Waals surface area contributed by atoms with Crippen LogP contribution in [0.25, 0.3) is 0 Å². The fourth-order valence-electron chi connectivity index (χ4n) is 2.68. The molecule has 1 fully saturated rings. The van der Waals surface area contributed by atoms with Gasteiger partial charge in [0.25, 0.3) is 0 Å². The summed E-state index contributed by atoms with van der Waals surface area (Å²) in [6.45, 7) is 9.42. The number of nitrogens with zero attached hydrogens (tertiary/aromatic N) is 2. The molecule has 0 aromatic carbocycles. The monoisotopic (exact) mass is 312 g/mol. The molecule has 0 saturated carbocycles. The Bertz CT molecular complexity index is 401. The maximum atomic E-state index is 12.5. The zero-order chi connectivity index (χ0) is 16.7. The van der Waals surface area contributed by atoms with Crippen molar-refractivity contribution in [3.05, 3.63) is 0 Å². The molecule has 0 bridgehead atoms. The minimum Gasteiger partial charge on any atom is -0.465 e. The van der Waals surface area contributed by atoms with Gasteiger partial charge in [-0.1, -0.05) is 13.8 Å². The van der Waals surface area contributed by atoms with Gasteiger partial charge in [-0.25, -0.2) is 0 Å². The molecule has 0 atom stereocenters. The summed E-state index contributed by atoms with van der Waals surface area (Å²) in [5.74, 6) is -0.351. The molecule has 2 amide bonds. The lowest BCUT2D eigenvalue weighted by atomic mass is 9.94. The smallest absolute Gasteiger partial charge is 0.325 e. The van der Waals surface area contributed by atoms with Crippen molar-refractivity contribution in [1.29, 1.82) is 0 Å². The van der Waals surface area contributed by atoms with Crippen molar-refractivity contribution in [1.82, 2.24) is 9.80 Å². The Morgan fingerprint density at radius 1 is 1.18 bits per heavy atom.